The maximum absolute atomic E-state index is 11.3. The van der Waals surface area contributed by atoms with Gasteiger partial charge in [0, 0.05) is 19.7 Å². The van der Waals surface area contributed by atoms with E-state index in [4.69, 9.17) is 0 Å². The molecule has 0 aliphatic rings. The number of hydrogen-bond donors (Lipinski definition) is 1. The van der Waals surface area contributed by atoms with Gasteiger partial charge >= 0.3 is 5.97 Å². The lowest BCUT2D eigenvalue weighted by atomic mass is 10.0. The van der Waals surface area contributed by atoms with Gasteiger partial charge in [-0.15, -0.1) is 0 Å². The van der Waals surface area contributed by atoms with Gasteiger partial charge in [-0.25, -0.2) is 4.79 Å². The van der Waals surface area contributed by atoms with Crippen molar-refractivity contribution in [2.45, 2.75) is 25.9 Å². The third kappa shape index (κ3) is 3.09. The molecule has 84 valence electrons. The minimum Gasteiger partial charge on any atom is -0.464 e. The van der Waals surface area contributed by atoms with Crippen molar-refractivity contribution < 1.29 is 14.6 Å². The lowest BCUT2D eigenvalue weighted by molar-refractivity contribution is 0.0589. The van der Waals surface area contributed by atoms with Crippen LogP contribution in [0.15, 0.2) is 12.3 Å². The Morgan fingerprint density at radius 1 is 1.60 bits per heavy atom. The third-order valence-electron chi connectivity index (χ3n) is 2.09. The van der Waals surface area contributed by atoms with Gasteiger partial charge in [0.05, 0.1) is 12.7 Å². The molecule has 1 aromatic rings. The Balaban J connectivity index is 2.91. The third-order valence-corrected chi connectivity index (χ3v) is 2.09. The van der Waals surface area contributed by atoms with E-state index in [9.17, 15) is 9.90 Å². The Kier molecular flexibility index (Phi) is 3.19. The molecule has 0 aliphatic heterocycles. The van der Waals surface area contributed by atoms with Gasteiger partial charge in [0.15, 0.2) is 0 Å². The zero-order valence-electron chi connectivity index (χ0n) is 9.57. The fourth-order valence-corrected chi connectivity index (χ4v) is 1.54. The van der Waals surface area contributed by atoms with Crippen LogP contribution in [0.1, 0.15) is 29.9 Å². The van der Waals surface area contributed by atoms with Gasteiger partial charge in [-0.2, -0.15) is 0 Å². The number of nitrogens with zero attached hydrogens (tertiary/aromatic N) is 1. The highest BCUT2D eigenvalue weighted by Gasteiger charge is 2.17. The van der Waals surface area contributed by atoms with Gasteiger partial charge in [0.2, 0.25) is 0 Å². The molecular weight excluding hydrogens is 194 g/mol. The van der Waals surface area contributed by atoms with E-state index >= 15 is 0 Å². The van der Waals surface area contributed by atoms with Gasteiger partial charge in [-0.3, -0.25) is 0 Å². The van der Waals surface area contributed by atoms with E-state index in [0.717, 1.165) is 5.56 Å². The van der Waals surface area contributed by atoms with E-state index in [1.165, 1.54) is 7.11 Å². The van der Waals surface area contributed by atoms with Gasteiger partial charge < -0.3 is 14.4 Å². The molecule has 0 fully saturated rings. The summed E-state index contributed by atoms with van der Waals surface area (Å²) in [6.07, 6.45) is 2.34. The highest BCUT2D eigenvalue weighted by Crippen LogP contribution is 2.15. The van der Waals surface area contributed by atoms with Gasteiger partial charge in [0.25, 0.3) is 0 Å². The van der Waals surface area contributed by atoms with Crippen LogP contribution in [0, 0.1) is 0 Å². The van der Waals surface area contributed by atoms with Crippen LogP contribution >= 0.6 is 0 Å². The van der Waals surface area contributed by atoms with Crippen LogP contribution in [0.5, 0.6) is 0 Å². The first-order chi connectivity index (χ1) is 6.83. The first-order valence-corrected chi connectivity index (χ1v) is 4.79. The molecule has 0 radical (unpaired) electrons. The summed E-state index contributed by atoms with van der Waals surface area (Å²) in [6, 6.07) is 1.74. The summed E-state index contributed by atoms with van der Waals surface area (Å²) in [4.78, 5) is 11.3. The average molecular weight is 211 g/mol. The zero-order valence-corrected chi connectivity index (χ0v) is 9.57. The molecule has 1 heterocycles. The van der Waals surface area contributed by atoms with Gasteiger partial charge in [-0.05, 0) is 25.5 Å². The topological polar surface area (TPSA) is 51.5 Å². The Morgan fingerprint density at radius 2 is 2.20 bits per heavy atom. The van der Waals surface area contributed by atoms with E-state index in [-0.39, 0.29) is 5.97 Å². The van der Waals surface area contributed by atoms with Crippen molar-refractivity contribution in [2.24, 2.45) is 7.05 Å². The van der Waals surface area contributed by atoms with Gasteiger partial charge in [0.1, 0.15) is 5.69 Å². The summed E-state index contributed by atoms with van der Waals surface area (Å²) < 4.78 is 6.34. The lowest BCUT2D eigenvalue weighted by Crippen LogP contribution is -2.21. The summed E-state index contributed by atoms with van der Waals surface area (Å²) in [6.45, 7) is 3.47. The maximum atomic E-state index is 11.3. The van der Waals surface area contributed by atoms with Crippen LogP contribution < -0.4 is 0 Å². The van der Waals surface area contributed by atoms with Crippen molar-refractivity contribution in [3.05, 3.63) is 23.5 Å². The Bertz CT molecular complexity index is 360. The molecule has 0 saturated carbocycles. The van der Waals surface area contributed by atoms with Crippen LogP contribution in [0.25, 0.3) is 0 Å². The highest BCUT2D eigenvalue weighted by atomic mass is 16.5. The van der Waals surface area contributed by atoms with E-state index in [0.29, 0.717) is 12.1 Å². The molecule has 1 N–H and O–H groups in total. The Hall–Kier alpha value is -1.29. The molecule has 1 rings (SSSR count). The fraction of sp³-hybridized carbons (Fsp3) is 0.545. The minimum atomic E-state index is -0.769. The molecule has 4 heteroatoms. The summed E-state index contributed by atoms with van der Waals surface area (Å²) in [5.41, 5.74) is 0.650. The largest absolute Gasteiger partial charge is 0.464 e. The van der Waals surface area contributed by atoms with E-state index in [1.807, 2.05) is 6.20 Å². The van der Waals surface area contributed by atoms with Crippen molar-refractivity contribution in [1.82, 2.24) is 4.57 Å². The molecule has 0 spiro atoms. The summed E-state index contributed by atoms with van der Waals surface area (Å²) in [7, 11) is 3.13. The van der Waals surface area contributed by atoms with Crippen molar-refractivity contribution >= 4 is 5.97 Å². The number of methoxy groups -OCH3 is 1. The first kappa shape index (κ1) is 11.8. The zero-order chi connectivity index (χ0) is 11.6. The number of carbonyl (C=O) groups excluding carboxylic acids is 1. The van der Waals surface area contributed by atoms with E-state index < -0.39 is 5.60 Å². The van der Waals surface area contributed by atoms with Crippen LogP contribution in [-0.2, 0) is 18.2 Å². The molecular formula is C11H17NO3. The number of esters is 1. The second-order valence-corrected chi connectivity index (χ2v) is 4.33. The normalized spacial score (nSPS) is 11.5. The quantitative estimate of drug-likeness (QED) is 0.762. The number of aromatic nitrogens is 1. The Morgan fingerprint density at radius 3 is 2.67 bits per heavy atom. The molecule has 1 aromatic heterocycles. The van der Waals surface area contributed by atoms with E-state index in [1.54, 1.807) is 31.5 Å². The molecule has 4 nitrogen and oxygen atoms in total. The number of ether oxygens (including phenoxy) is 1. The average Bonchev–Trinajstić information content (AvgIpc) is 2.42. The standard InChI is InChI=1S/C11H17NO3/c1-11(2,14)6-8-5-9(10(13)15-4)12(3)7-8/h5,7,14H,6H2,1-4H3. The molecule has 0 amide bonds. The second kappa shape index (κ2) is 4.06. The second-order valence-electron chi connectivity index (χ2n) is 4.33. The van der Waals surface area contributed by atoms with Crippen molar-refractivity contribution in [2.75, 3.05) is 7.11 Å². The molecule has 0 atom stereocenters. The highest BCUT2D eigenvalue weighted by molar-refractivity contribution is 5.87. The van der Waals surface area contributed by atoms with Crippen LogP contribution in [0.3, 0.4) is 0 Å². The monoisotopic (exact) mass is 211 g/mol. The fourth-order valence-electron chi connectivity index (χ4n) is 1.54. The molecule has 0 unspecified atom stereocenters. The van der Waals surface area contributed by atoms with Crippen molar-refractivity contribution in [3.63, 3.8) is 0 Å². The minimum absolute atomic E-state index is 0.362. The van der Waals surface area contributed by atoms with Crippen LogP contribution in [0.2, 0.25) is 0 Å². The predicted octanol–water partition coefficient (Wildman–Crippen LogP) is 1.13. The first-order valence-electron chi connectivity index (χ1n) is 4.79. The van der Waals surface area contributed by atoms with E-state index in [2.05, 4.69) is 4.74 Å². The Labute approximate surface area is 89.5 Å². The van der Waals surface area contributed by atoms with Crippen molar-refractivity contribution in [1.29, 1.82) is 0 Å². The van der Waals surface area contributed by atoms with Crippen LogP contribution in [-0.4, -0.2) is 28.4 Å². The maximum Gasteiger partial charge on any atom is 0.354 e. The van der Waals surface area contributed by atoms with Crippen LogP contribution in [0.4, 0.5) is 0 Å². The summed E-state index contributed by atoms with van der Waals surface area (Å²) in [5, 5.41) is 9.64. The van der Waals surface area contributed by atoms with Gasteiger partial charge in [-0.1, -0.05) is 0 Å². The molecule has 0 aromatic carbocycles. The van der Waals surface area contributed by atoms with Crippen molar-refractivity contribution in [3.8, 4) is 0 Å². The smallest absolute Gasteiger partial charge is 0.354 e. The summed E-state index contributed by atoms with van der Waals surface area (Å²) >= 11 is 0. The molecule has 0 saturated heterocycles. The number of carbonyl (C=O) groups is 1. The SMILES string of the molecule is COC(=O)c1cc(CC(C)(C)O)cn1C. The lowest BCUT2D eigenvalue weighted by Gasteiger charge is -2.15. The number of hydrogen-bond acceptors (Lipinski definition) is 3. The number of aryl methyl sites for hydroxylation is 1. The molecule has 0 bridgehead atoms. The number of aliphatic hydroxyl groups is 1. The summed E-state index contributed by atoms with van der Waals surface area (Å²) in [5.74, 6) is -0.362. The number of rotatable bonds is 3. The molecule has 0 aliphatic carbocycles. The predicted molar refractivity (Wildman–Crippen MR) is 56.8 cm³/mol. The molecule has 15 heavy (non-hydrogen) atoms.